The van der Waals surface area contributed by atoms with E-state index in [1.807, 2.05) is 60.7 Å². The first-order valence-corrected chi connectivity index (χ1v) is 8.31. The van der Waals surface area contributed by atoms with Crippen molar-refractivity contribution in [3.63, 3.8) is 0 Å². The highest BCUT2D eigenvalue weighted by Crippen LogP contribution is 2.38. The molecule has 0 heterocycles. The molecule has 0 spiro atoms. The monoisotopic (exact) mass is 330 g/mol. The summed E-state index contributed by atoms with van der Waals surface area (Å²) in [7, 11) is 0. The Bertz CT molecular complexity index is 549. The molecular formula is C20H23FO3. The lowest BCUT2D eigenvalue weighted by Crippen LogP contribution is -2.56. The smallest absolute Gasteiger partial charge is 0.132 e. The predicted octanol–water partition coefficient (Wildman–Crippen LogP) is 3.37. The number of ether oxygens (including phenoxy) is 2. The first-order valence-electron chi connectivity index (χ1n) is 8.31. The average molecular weight is 330 g/mol. The van der Waals surface area contributed by atoms with E-state index < -0.39 is 12.3 Å². The number of benzene rings is 2. The molecule has 3 rings (SSSR count). The van der Waals surface area contributed by atoms with Gasteiger partial charge in [-0.15, -0.1) is 0 Å². The van der Waals surface area contributed by atoms with Crippen molar-refractivity contribution in [1.82, 2.24) is 0 Å². The summed E-state index contributed by atoms with van der Waals surface area (Å²) in [5.74, 6) is -0.515. The molecule has 0 aliphatic heterocycles. The van der Waals surface area contributed by atoms with Crippen molar-refractivity contribution in [1.29, 1.82) is 0 Å². The van der Waals surface area contributed by atoms with Crippen LogP contribution in [-0.4, -0.2) is 30.6 Å². The van der Waals surface area contributed by atoms with Gasteiger partial charge in [0.2, 0.25) is 0 Å². The molecule has 1 saturated carbocycles. The van der Waals surface area contributed by atoms with Gasteiger partial charge in [-0.05, 0) is 11.1 Å². The van der Waals surface area contributed by atoms with Gasteiger partial charge in [-0.3, -0.25) is 0 Å². The van der Waals surface area contributed by atoms with Crippen molar-refractivity contribution in [2.45, 2.75) is 25.5 Å². The number of aliphatic hydroxyl groups is 1. The molecule has 1 aliphatic rings. The lowest BCUT2D eigenvalue weighted by Gasteiger charge is -2.44. The van der Waals surface area contributed by atoms with E-state index in [1.54, 1.807) is 0 Å². The predicted molar refractivity (Wildman–Crippen MR) is 90.1 cm³/mol. The van der Waals surface area contributed by atoms with Gasteiger partial charge in [-0.1, -0.05) is 60.7 Å². The third kappa shape index (κ3) is 4.20. The Morgan fingerprint density at radius 2 is 1.21 bits per heavy atom. The molecule has 0 aromatic heterocycles. The molecule has 0 unspecified atom stereocenters. The normalized spacial score (nSPS) is 26.1. The van der Waals surface area contributed by atoms with Gasteiger partial charge in [0, 0.05) is 11.8 Å². The standard InChI is InChI=1S/C20H23FO3/c21-19-17(13-23-11-15-7-3-1-4-8-15)18(20(19)22)14-24-12-16-9-5-2-6-10-16/h1-10,17-20,22H,11-14H2/t17-,18-,19+,20-/m0/s1. The van der Waals surface area contributed by atoms with Gasteiger partial charge in [-0.2, -0.15) is 0 Å². The Kier molecular flexibility index (Phi) is 5.96. The summed E-state index contributed by atoms with van der Waals surface area (Å²) < 4.78 is 25.2. The first-order chi connectivity index (χ1) is 11.8. The van der Waals surface area contributed by atoms with Gasteiger partial charge >= 0.3 is 0 Å². The van der Waals surface area contributed by atoms with Crippen LogP contribution in [0.4, 0.5) is 4.39 Å². The fraction of sp³-hybridized carbons (Fsp3) is 0.400. The summed E-state index contributed by atoms with van der Waals surface area (Å²) in [5.41, 5.74) is 2.13. The molecule has 2 aromatic carbocycles. The Labute approximate surface area is 142 Å². The second kappa shape index (κ2) is 8.38. The van der Waals surface area contributed by atoms with Crippen LogP contribution in [0.25, 0.3) is 0 Å². The molecule has 0 radical (unpaired) electrons. The Morgan fingerprint density at radius 3 is 1.71 bits per heavy atom. The lowest BCUT2D eigenvalue weighted by molar-refractivity contribution is -0.163. The summed E-state index contributed by atoms with van der Waals surface area (Å²) in [6.07, 6.45) is -2.18. The van der Waals surface area contributed by atoms with Crippen molar-refractivity contribution in [2.75, 3.05) is 13.2 Å². The summed E-state index contributed by atoms with van der Waals surface area (Å²) in [4.78, 5) is 0. The fourth-order valence-electron chi connectivity index (χ4n) is 3.05. The summed E-state index contributed by atoms with van der Waals surface area (Å²) in [6, 6.07) is 19.6. The molecule has 4 atom stereocenters. The van der Waals surface area contributed by atoms with Crippen molar-refractivity contribution >= 4 is 0 Å². The van der Waals surface area contributed by atoms with Crippen LogP contribution in [0, 0.1) is 11.8 Å². The van der Waals surface area contributed by atoms with Gasteiger partial charge in [0.15, 0.2) is 0 Å². The van der Waals surface area contributed by atoms with Crippen LogP contribution in [0.3, 0.4) is 0 Å². The second-order valence-corrected chi connectivity index (χ2v) is 6.26. The van der Waals surface area contributed by atoms with Gasteiger partial charge in [0.05, 0.1) is 32.5 Å². The molecule has 128 valence electrons. The molecule has 0 amide bonds. The highest BCUT2D eigenvalue weighted by molar-refractivity contribution is 5.14. The lowest BCUT2D eigenvalue weighted by atomic mass is 9.70. The van der Waals surface area contributed by atoms with E-state index in [0.29, 0.717) is 26.4 Å². The molecule has 0 saturated heterocycles. The van der Waals surface area contributed by atoms with Crippen molar-refractivity contribution in [3.05, 3.63) is 71.8 Å². The number of hydrogen-bond donors (Lipinski definition) is 1. The minimum atomic E-state index is -1.23. The van der Waals surface area contributed by atoms with Crippen LogP contribution in [0.5, 0.6) is 0 Å². The molecule has 4 heteroatoms. The Morgan fingerprint density at radius 1 is 0.750 bits per heavy atom. The number of hydrogen-bond acceptors (Lipinski definition) is 3. The van der Waals surface area contributed by atoms with Crippen LogP contribution in [-0.2, 0) is 22.7 Å². The Balaban J connectivity index is 1.42. The summed E-state index contributed by atoms with van der Waals surface area (Å²) in [6.45, 7) is 1.57. The largest absolute Gasteiger partial charge is 0.390 e. The number of rotatable bonds is 8. The zero-order valence-electron chi connectivity index (χ0n) is 13.6. The second-order valence-electron chi connectivity index (χ2n) is 6.26. The molecule has 0 bridgehead atoms. The topological polar surface area (TPSA) is 38.7 Å². The van der Waals surface area contributed by atoms with E-state index in [1.165, 1.54) is 0 Å². The molecule has 24 heavy (non-hydrogen) atoms. The minimum absolute atomic E-state index is 0.209. The van der Waals surface area contributed by atoms with Gasteiger partial charge in [0.1, 0.15) is 6.17 Å². The SMILES string of the molecule is O[C@@H]1[C@H](F)[C@@H](COCc2ccccc2)[C@@H]1COCc1ccccc1. The van der Waals surface area contributed by atoms with E-state index in [9.17, 15) is 9.50 Å². The van der Waals surface area contributed by atoms with Gasteiger partial charge < -0.3 is 14.6 Å². The van der Waals surface area contributed by atoms with Crippen molar-refractivity contribution in [3.8, 4) is 0 Å². The summed E-state index contributed by atoms with van der Waals surface area (Å²) in [5, 5.41) is 9.85. The third-order valence-corrected chi connectivity index (χ3v) is 4.57. The fourth-order valence-corrected chi connectivity index (χ4v) is 3.05. The first kappa shape index (κ1) is 17.1. The molecule has 3 nitrogen and oxygen atoms in total. The van der Waals surface area contributed by atoms with Crippen LogP contribution in [0.2, 0.25) is 0 Å². The molecule has 2 aromatic rings. The molecule has 1 fully saturated rings. The maximum atomic E-state index is 13.9. The van der Waals surface area contributed by atoms with E-state index in [4.69, 9.17) is 9.47 Å². The van der Waals surface area contributed by atoms with E-state index in [0.717, 1.165) is 11.1 Å². The zero-order chi connectivity index (χ0) is 16.8. The maximum Gasteiger partial charge on any atom is 0.132 e. The van der Waals surface area contributed by atoms with Crippen LogP contribution in [0.1, 0.15) is 11.1 Å². The van der Waals surface area contributed by atoms with Crippen molar-refractivity contribution < 1.29 is 19.0 Å². The summed E-state index contributed by atoms with van der Waals surface area (Å²) >= 11 is 0. The van der Waals surface area contributed by atoms with Crippen molar-refractivity contribution in [2.24, 2.45) is 11.8 Å². The average Bonchev–Trinajstić information content (AvgIpc) is 2.64. The van der Waals surface area contributed by atoms with Gasteiger partial charge in [0.25, 0.3) is 0 Å². The van der Waals surface area contributed by atoms with Gasteiger partial charge in [-0.25, -0.2) is 4.39 Å². The zero-order valence-corrected chi connectivity index (χ0v) is 13.6. The molecule has 1 aliphatic carbocycles. The van der Waals surface area contributed by atoms with E-state index >= 15 is 0 Å². The Hall–Kier alpha value is -1.75. The van der Waals surface area contributed by atoms with Crippen LogP contribution in [0.15, 0.2) is 60.7 Å². The molecule has 1 N–H and O–H groups in total. The number of alkyl halides is 1. The van der Waals surface area contributed by atoms with E-state index in [-0.39, 0.29) is 11.8 Å². The maximum absolute atomic E-state index is 13.9. The number of halogens is 1. The quantitative estimate of drug-likeness (QED) is 0.806. The number of aliphatic hydroxyl groups excluding tert-OH is 1. The van der Waals surface area contributed by atoms with E-state index in [2.05, 4.69) is 0 Å². The highest BCUT2D eigenvalue weighted by Gasteiger charge is 2.50. The third-order valence-electron chi connectivity index (χ3n) is 4.57. The van der Waals surface area contributed by atoms with Crippen LogP contribution >= 0.6 is 0 Å². The highest BCUT2D eigenvalue weighted by atomic mass is 19.1. The minimum Gasteiger partial charge on any atom is -0.390 e. The molecular weight excluding hydrogens is 307 g/mol. The van der Waals surface area contributed by atoms with Crippen LogP contribution < -0.4 is 0 Å².